The Balaban J connectivity index is 2.77. The fourth-order valence-electron chi connectivity index (χ4n) is 1.69. The zero-order valence-electron chi connectivity index (χ0n) is 7.24. The molecule has 80 valence electrons. The van der Waals surface area contributed by atoms with E-state index in [1.807, 2.05) is 0 Å². The Morgan fingerprint density at radius 1 is 1.07 bits per heavy atom. The molecule has 1 aliphatic rings. The molecule has 1 aliphatic carbocycles. The molecule has 0 aromatic heterocycles. The molecule has 0 spiro atoms. The Kier molecular flexibility index (Phi) is 2.73. The molecule has 2 N–H and O–H groups in total. The van der Waals surface area contributed by atoms with E-state index in [1.165, 1.54) is 0 Å². The quantitative estimate of drug-likeness (QED) is 0.715. The Labute approximate surface area is 78.5 Å². The third kappa shape index (κ3) is 2.40. The second-order valence-electron chi connectivity index (χ2n) is 3.57. The third-order valence-electron chi connectivity index (χ3n) is 2.36. The lowest BCUT2D eigenvalue weighted by Crippen LogP contribution is -2.38. The average molecular weight is 208 g/mol. The maximum atomic E-state index is 12.9. The fourth-order valence-corrected chi connectivity index (χ4v) is 1.69. The number of alkyl halides is 2. The number of hydrogen-bond donors (Lipinski definition) is 2. The van der Waals surface area contributed by atoms with Gasteiger partial charge in [0.15, 0.2) is 0 Å². The molecule has 0 bridgehead atoms. The molecule has 0 saturated heterocycles. The van der Waals surface area contributed by atoms with Crippen molar-refractivity contribution in [3.05, 3.63) is 0 Å². The van der Waals surface area contributed by atoms with Gasteiger partial charge in [0.1, 0.15) is 0 Å². The highest BCUT2D eigenvalue weighted by molar-refractivity contribution is 5.74. The van der Waals surface area contributed by atoms with Gasteiger partial charge < -0.3 is 10.2 Å². The normalized spacial score (nSPS) is 31.0. The van der Waals surface area contributed by atoms with Gasteiger partial charge >= 0.3 is 11.9 Å². The maximum absolute atomic E-state index is 12.9. The van der Waals surface area contributed by atoms with E-state index < -0.39 is 42.5 Å². The lowest BCUT2D eigenvalue weighted by molar-refractivity contribution is -0.159. The first kappa shape index (κ1) is 10.9. The van der Waals surface area contributed by atoms with E-state index >= 15 is 0 Å². The van der Waals surface area contributed by atoms with E-state index in [2.05, 4.69) is 0 Å². The Bertz CT molecular complexity index is 240. The van der Waals surface area contributed by atoms with Crippen molar-refractivity contribution in [2.75, 3.05) is 0 Å². The van der Waals surface area contributed by atoms with Crippen LogP contribution in [0, 0.1) is 11.8 Å². The van der Waals surface area contributed by atoms with Crippen LogP contribution in [0.25, 0.3) is 0 Å². The van der Waals surface area contributed by atoms with Gasteiger partial charge in [-0.05, 0) is 6.42 Å². The van der Waals surface area contributed by atoms with Crippen molar-refractivity contribution in [1.82, 2.24) is 0 Å². The van der Waals surface area contributed by atoms with Crippen molar-refractivity contribution in [3.8, 4) is 0 Å². The largest absolute Gasteiger partial charge is 0.481 e. The summed E-state index contributed by atoms with van der Waals surface area (Å²) in [5, 5.41) is 17.1. The van der Waals surface area contributed by atoms with Crippen molar-refractivity contribution in [3.63, 3.8) is 0 Å². The molecule has 0 aromatic carbocycles. The van der Waals surface area contributed by atoms with Crippen LogP contribution < -0.4 is 0 Å². The molecule has 1 rings (SSSR count). The van der Waals surface area contributed by atoms with Crippen LogP contribution in [-0.4, -0.2) is 28.1 Å². The summed E-state index contributed by atoms with van der Waals surface area (Å²) in [6.45, 7) is 0. The highest BCUT2D eigenvalue weighted by Gasteiger charge is 2.46. The molecular weight excluding hydrogens is 198 g/mol. The van der Waals surface area contributed by atoms with Gasteiger partial charge in [0.25, 0.3) is 0 Å². The molecule has 1 fully saturated rings. The molecule has 2 atom stereocenters. The first-order valence-corrected chi connectivity index (χ1v) is 4.15. The van der Waals surface area contributed by atoms with E-state index in [4.69, 9.17) is 10.2 Å². The van der Waals surface area contributed by atoms with E-state index in [-0.39, 0.29) is 6.42 Å². The molecule has 0 radical (unpaired) electrons. The Hall–Kier alpha value is -1.20. The van der Waals surface area contributed by atoms with Gasteiger partial charge in [0.2, 0.25) is 5.92 Å². The second kappa shape index (κ2) is 3.51. The minimum atomic E-state index is -3.18. The smallest absolute Gasteiger partial charge is 0.306 e. The summed E-state index contributed by atoms with van der Waals surface area (Å²) in [5.74, 6) is -8.38. The molecule has 0 aliphatic heterocycles. The molecular formula is C8H10F2O4. The number of aliphatic carboxylic acids is 2. The lowest BCUT2D eigenvalue weighted by atomic mass is 9.79. The first-order valence-electron chi connectivity index (χ1n) is 4.15. The molecule has 14 heavy (non-hydrogen) atoms. The van der Waals surface area contributed by atoms with Crippen LogP contribution in [0.15, 0.2) is 0 Å². The van der Waals surface area contributed by atoms with Gasteiger partial charge in [0, 0.05) is 12.8 Å². The van der Waals surface area contributed by atoms with Gasteiger partial charge in [-0.1, -0.05) is 0 Å². The predicted molar refractivity (Wildman–Crippen MR) is 41.0 cm³/mol. The van der Waals surface area contributed by atoms with Crippen molar-refractivity contribution in [1.29, 1.82) is 0 Å². The Morgan fingerprint density at radius 2 is 1.43 bits per heavy atom. The van der Waals surface area contributed by atoms with E-state index in [0.29, 0.717) is 0 Å². The molecule has 0 amide bonds. The average Bonchev–Trinajstić information content (AvgIpc) is 2.01. The number of halogens is 2. The topological polar surface area (TPSA) is 74.6 Å². The SMILES string of the molecule is O=C(O)[C@@H]1C[C@H](C(=O)O)CC(F)(F)C1. The summed E-state index contributed by atoms with van der Waals surface area (Å²) in [5.41, 5.74) is 0. The maximum Gasteiger partial charge on any atom is 0.306 e. The highest BCUT2D eigenvalue weighted by Crippen LogP contribution is 2.40. The summed E-state index contributed by atoms with van der Waals surface area (Å²) in [7, 11) is 0. The highest BCUT2D eigenvalue weighted by atomic mass is 19.3. The first-order chi connectivity index (χ1) is 6.32. The summed E-state index contributed by atoms with van der Waals surface area (Å²) in [6.07, 6.45) is -1.72. The summed E-state index contributed by atoms with van der Waals surface area (Å²) >= 11 is 0. The zero-order valence-corrected chi connectivity index (χ0v) is 7.24. The number of carboxylic acids is 2. The zero-order chi connectivity index (χ0) is 10.9. The molecule has 0 aromatic rings. The fraction of sp³-hybridized carbons (Fsp3) is 0.750. The number of carbonyl (C=O) groups is 2. The second-order valence-corrected chi connectivity index (χ2v) is 3.57. The Morgan fingerprint density at radius 3 is 1.71 bits per heavy atom. The summed E-state index contributed by atoms with van der Waals surface area (Å²) in [4.78, 5) is 21.0. The number of carboxylic acid groups (broad SMARTS) is 2. The van der Waals surface area contributed by atoms with E-state index in [1.54, 1.807) is 0 Å². The van der Waals surface area contributed by atoms with E-state index in [9.17, 15) is 18.4 Å². The van der Waals surface area contributed by atoms with Crippen LogP contribution in [-0.2, 0) is 9.59 Å². The third-order valence-corrected chi connectivity index (χ3v) is 2.36. The number of hydrogen-bond acceptors (Lipinski definition) is 2. The predicted octanol–water partition coefficient (Wildman–Crippen LogP) is 1.21. The summed E-state index contributed by atoms with van der Waals surface area (Å²) in [6, 6.07) is 0. The van der Waals surface area contributed by atoms with Crippen molar-refractivity contribution in [2.45, 2.75) is 25.2 Å². The monoisotopic (exact) mass is 208 g/mol. The van der Waals surface area contributed by atoms with E-state index in [0.717, 1.165) is 0 Å². The van der Waals surface area contributed by atoms with Crippen LogP contribution >= 0.6 is 0 Å². The van der Waals surface area contributed by atoms with Crippen LogP contribution in [0.4, 0.5) is 8.78 Å². The van der Waals surface area contributed by atoms with Crippen molar-refractivity contribution < 1.29 is 28.6 Å². The molecule has 0 unspecified atom stereocenters. The number of rotatable bonds is 2. The van der Waals surface area contributed by atoms with Gasteiger partial charge in [0.05, 0.1) is 11.8 Å². The van der Waals surface area contributed by atoms with Gasteiger partial charge in [-0.25, -0.2) is 8.78 Å². The molecule has 1 saturated carbocycles. The van der Waals surface area contributed by atoms with Gasteiger partial charge in [-0.3, -0.25) is 9.59 Å². The standard InChI is InChI=1S/C8H10F2O4/c9-8(10)2-4(6(11)12)1-5(3-8)7(13)14/h4-5H,1-3H2,(H,11,12)(H,13,14)/t4-,5+. The van der Waals surface area contributed by atoms with Crippen molar-refractivity contribution >= 4 is 11.9 Å². The molecule has 4 nitrogen and oxygen atoms in total. The van der Waals surface area contributed by atoms with Crippen molar-refractivity contribution in [2.24, 2.45) is 11.8 Å². The molecule has 0 heterocycles. The molecule has 6 heteroatoms. The van der Waals surface area contributed by atoms with Crippen LogP contribution in [0.2, 0.25) is 0 Å². The lowest BCUT2D eigenvalue weighted by Gasteiger charge is -2.30. The van der Waals surface area contributed by atoms with Crippen LogP contribution in [0.3, 0.4) is 0 Å². The van der Waals surface area contributed by atoms with Crippen LogP contribution in [0.1, 0.15) is 19.3 Å². The minimum absolute atomic E-state index is 0.208. The van der Waals surface area contributed by atoms with Crippen LogP contribution in [0.5, 0.6) is 0 Å². The van der Waals surface area contributed by atoms with Gasteiger partial charge in [-0.2, -0.15) is 0 Å². The minimum Gasteiger partial charge on any atom is -0.481 e. The summed E-state index contributed by atoms with van der Waals surface area (Å²) < 4.78 is 25.8. The van der Waals surface area contributed by atoms with Gasteiger partial charge in [-0.15, -0.1) is 0 Å².